The zero-order chi connectivity index (χ0) is 20.2. The predicted molar refractivity (Wildman–Crippen MR) is 125 cm³/mol. The van der Waals surface area contributed by atoms with Crippen LogP contribution < -0.4 is 4.90 Å². The number of fused-ring (bicyclic) bond motifs is 1. The number of thiazole rings is 1. The summed E-state index contributed by atoms with van der Waals surface area (Å²) in [6, 6.07) is 19.4. The molecule has 0 N–H and O–H groups in total. The Labute approximate surface area is 186 Å². The Bertz CT molecular complexity index is 1150. The summed E-state index contributed by atoms with van der Waals surface area (Å²) in [6.45, 7) is 2.47. The van der Waals surface area contributed by atoms with E-state index in [1.165, 1.54) is 11.3 Å². The van der Waals surface area contributed by atoms with E-state index in [0.717, 1.165) is 31.0 Å². The molecule has 0 aliphatic rings. The number of hydrogen-bond donors (Lipinski definition) is 0. The van der Waals surface area contributed by atoms with Gasteiger partial charge in [-0.15, -0.1) is 11.8 Å². The third-order valence-corrected chi connectivity index (χ3v) is 6.66. The second kappa shape index (κ2) is 9.07. The van der Waals surface area contributed by atoms with E-state index in [1.54, 1.807) is 22.9 Å². The van der Waals surface area contributed by atoms with Crippen molar-refractivity contribution in [1.82, 2.24) is 9.97 Å². The zero-order valence-electron chi connectivity index (χ0n) is 15.7. The molecule has 1 amide bonds. The lowest BCUT2D eigenvalue weighted by Gasteiger charge is -2.20. The number of aromatic nitrogens is 2. The van der Waals surface area contributed by atoms with Gasteiger partial charge in [-0.1, -0.05) is 46.3 Å². The number of anilines is 1. The van der Waals surface area contributed by atoms with Gasteiger partial charge >= 0.3 is 0 Å². The normalized spacial score (nSPS) is 11.0. The van der Waals surface area contributed by atoms with E-state index in [2.05, 4.69) is 27.8 Å². The average Bonchev–Trinajstić information content (AvgIpc) is 3.15. The lowest BCUT2D eigenvalue weighted by atomic mass is 10.2. The molecule has 4 nitrogen and oxygen atoms in total. The van der Waals surface area contributed by atoms with Crippen molar-refractivity contribution in [1.29, 1.82) is 0 Å². The molecule has 2 heterocycles. The van der Waals surface area contributed by atoms with Crippen molar-refractivity contribution in [3.05, 3.63) is 82.6 Å². The maximum atomic E-state index is 13.5. The summed E-state index contributed by atoms with van der Waals surface area (Å²) in [4.78, 5) is 25.4. The van der Waals surface area contributed by atoms with Crippen LogP contribution in [0.5, 0.6) is 0 Å². The van der Waals surface area contributed by atoms with Crippen LogP contribution in [0.3, 0.4) is 0 Å². The first kappa shape index (κ1) is 20.1. The summed E-state index contributed by atoms with van der Waals surface area (Å²) in [5, 5.41) is 0.669. The molecular weight excluding hydrogens is 466 g/mol. The molecule has 0 atom stereocenters. The SMILES string of the molecule is CCSc1cccc(C(=O)N(Cc2ccccn2)c2nc3ccc(Br)cc3s2)c1. The van der Waals surface area contributed by atoms with Gasteiger partial charge in [-0.25, -0.2) is 4.98 Å². The Morgan fingerprint density at radius 1 is 1.14 bits per heavy atom. The number of pyridine rings is 1. The first-order valence-electron chi connectivity index (χ1n) is 9.15. The first-order chi connectivity index (χ1) is 14.1. The van der Waals surface area contributed by atoms with Crippen molar-refractivity contribution in [2.45, 2.75) is 18.4 Å². The molecule has 0 unspecified atom stereocenters. The fraction of sp³-hybridized carbons (Fsp3) is 0.136. The fourth-order valence-electron chi connectivity index (χ4n) is 2.92. The van der Waals surface area contributed by atoms with Gasteiger partial charge in [0.05, 0.1) is 22.5 Å². The van der Waals surface area contributed by atoms with Crippen molar-refractivity contribution in [3.8, 4) is 0 Å². The predicted octanol–water partition coefficient (Wildman–Crippen LogP) is 6.41. The topological polar surface area (TPSA) is 46.1 Å². The van der Waals surface area contributed by atoms with Gasteiger partial charge in [-0.3, -0.25) is 14.7 Å². The molecule has 7 heteroatoms. The van der Waals surface area contributed by atoms with Gasteiger partial charge in [0, 0.05) is 21.1 Å². The van der Waals surface area contributed by atoms with Gasteiger partial charge in [0.1, 0.15) is 0 Å². The Kier molecular flexibility index (Phi) is 6.28. The van der Waals surface area contributed by atoms with Crippen molar-refractivity contribution in [2.24, 2.45) is 0 Å². The highest BCUT2D eigenvalue weighted by Gasteiger charge is 2.22. The Morgan fingerprint density at radius 3 is 2.83 bits per heavy atom. The van der Waals surface area contributed by atoms with E-state index in [0.29, 0.717) is 17.2 Å². The largest absolute Gasteiger partial charge is 0.278 e. The van der Waals surface area contributed by atoms with E-state index in [9.17, 15) is 4.79 Å². The highest BCUT2D eigenvalue weighted by atomic mass is 79.9. The molecule has 0 saturated carbocycles. The van der Waals surface area contributed by atoms with Crippen LogP contribution in [-0.2, 0) is 6.54 Å². The minimum absolute atomic E-state index is 0.0765. The van der Waals surface area contributed by atoms with Crippen LogP contribution in [0.2, 0.25) is 0 Å². The van der Waals surface area contributed by atoms with E-state index in [1.807, 2.05) is 60.7 Å². The molecule has 2 aromatic heterocycles. The van der Waals surface area contributed by atoms with Crippen LogP contribution in [0.25, 0.3) is 10.2 Å². The molecule has 0 aliphatic heterocycles. The number of benzene rings is 2. The van der Waals surface area contributed by atoms with E-state index in [-0.39, 0.29) is 5.91 Å². The number of nitrogens with zero attached hydrogens (tertiary/aromatic N) is 3. The molecular formula is C22H18BrN3OS2. The average molecular weight is 484 g/mol. The van der Waals surface area contributed by atoms with Crippen LogP contribution in [0, 0.1) is 0 Å². The van der Waals surface area contributed by atoms with E-state index < -0.39 is 0 Å². The molecule has 4 aromatic rings. The van der Waals surface area contributed by atoms with Crippen molar-refractivity contribution >= 4 is 60.3 Å². The summed E-state index contributed by atoms with van der Waals surface area (Å²) < 4.78 is 2.02. The number of rotatable bonds is 6. The fourth-order valence-corrected chi connectivity index (χ4v) is 5.16. The third kappa shape index (κ3) is 4.69. The molecule has 4 rings (SSSR count). The van der Waals surface area contributed by atoms with Crippen LogP contribution in [-0.4, -0.2) is 21.6 Å². The van der Waals surface area contributed by atoms with Gasteiger partial charge in [-0.2, -0.15) is 0 Å². The molecule has 0 spiro atoms. The highest BCUT2D eigenvalue weighted by Crippen LogP contribution is 2.32. The van der Waals surface area contributed by atoms with E-state index >= 15 is 0 Å². The molecule has 0 aliphatic carbocycles. The summed E-state index contributed by atoms with van der Waals surface area (Å²) in [7, 11) is 0. The molecule has 0 bridgehead atoms. The van der Waals surface area contributed by atoms with Gasteiger partial charge in [0.25, 0.3) is 5.91 Å². The summed E-state index contributed by atoms with van der Waals surface area (Å²) in [5.74, 6) is 0.884. The smallest absolute Gasteiger partial charge is 0.260 e. The monoisotopic (exact) mass is 483 g/mol. The standard InChI is InChI=1S/C22H18BrN3OS2/c1-2-28-18-8-5-6-15(12-18)21(27)26(14-17-7-3-4-11-24-17)22-25-19-10-9-16(23)13-20(19)29-22/h3-13H,2,14H2,1H3. The van der Waals surface area contributed by atoms with Crippen molar-refractivity contribution in [3.63, 3.8) is 0 Å². The number of thioether (sulfide) groups is 1. The minimum Gasteiger partial charge on any atom is -0.278 e. The Balaban J connectivity index is 1.74. The lowest BCUT2D eigenvalue weighted by molar-refractivity contribution is 0.0984. The van der Waals surface area contributed by atoms with Gasteiger partial charge in [0.2, 0.25) is 0 Å². The Hall–Kier alpha value is -2.22. The molecule has 2 aromatic carbocycles. The van der Waals surface area contributed by atoms with E-state index in [4.69, 9.17) is 4.98 Å². The quantitative estimate of drug-likeness (QED) is 0.297. The number of halogens is 1. The van der Waals surface area contributed by atoms with Gasteiger partial charge in [0.15, 0.2) is 5.13 Å². The zero-order valence-corrected chi connectivity index (χ0v) is 18.9. The number of hydrogen-bond acceptors (Lipinski definition) is 5. The maximum absolute atomic E-state index is 13.5. The van der Waals surface area contributed by atoms with Gasteiger partial charge < -0.3 is 0 Å². The highest BCUT2D eigenvalue weighted by molar-refractivity contribution is 9.10. The number of carbonyl (C=O) groups is 1. The number of amides is 1. The van der Waals surface area contributed by atoms with Gasteiger partial charge in [-0.05, 0) is 54.3 Å². The molecule has 0 fully saturated rings. The van der Waals surface area contributed by atoms with Crippen molar-refractivity contribution in [2.75, 3.05) is 10.7 Å². The molecule has 29 heavy (non-hydrogen) atoms. The summed E-state index contributed by atoms with van der Waals surface area (Å²) in [6.07, 6.45) is 1.74. The minimum atomic E-state index is -0.0765. The first-order valence-corrected chi connectivity index (χ1v) is 11.7. The molecule has 146 valence electrons. The molecule has 0 saturated heterocycles. The lowest BCUT2D eigenvalue weighted by Crippen LogP contribution is -2.30. The molecule has 0 radical (unpaired) electrons. The van der Waals surface area contributed by atoms with Crippen LogP contribution in [0.4, 0.5) is 5.13 Å². The Morgan fingerprint density at radius 2 is 2.03 bits per heavy atom. The van der Waals surface area contributed by atoms with Crippen molar-refractivity contribution < 1.29 is 4.79 Å². The maximum Gasteiger partial charge on any atom is 0.260 e. The number of carbonyl (C=O) groups excluding carboxylic acids is 1. The van der Waals surface area contributed by atoms with Crippen LogP contribution in [0.1, 0.15) is 23.0 Å². The summed E-state index contributed by atoms with van der Waals surface area (Å²) in [5.41, 5.74) is 2.35. The van der Waals surface area contributed by atoms with Crippen LogP contribution in [0.15, 0.2) is 76.2 Å². The second-order valence-corrected chi connectivity index (χ2v) is 9.54. The third-order valence-electron chi connectivity index (χ3n) is 4.25. The summed E-state index contributed by atoms with van der Waals surface area (Å²) >= 11 is 6.74. The second-order valence-electron chi connectivity index (χ2n) is 6.28. The van der Waals surface area contributed by atoms with Crippen LogP contribution >= 0.6 is 39.0 Å².